The predicted octanol–water partition coefficient (Wildman–Crippen LogP) is 2.25. The molecule has 2 aromatic rings. The number of thiophene rings is 1. The molecule has 0 radical (unpaired) electrons. The van der Waals surface area contributed by atoms with Gasteiger partial charge in [-0.25, -0.2) is 4.79 Å². The molecule has 0 saturated carbocycles. The molecule has 2 N–H and O–H groups in total. The van der Waals surface area contributed by atoms with Crippen LogP contribution in [0.1, 0.15) is 20.9 Å². The van der Waals surface area contributed by atoms with Gasteiger partial charge in [-0.05, 0) is 31.5 Å². The SMILES string of the molecule is Cc1cc(-c2ccc(C(=O)O)[n+](O)c2)sc1C. The summed E-state index contributed by atoms with van der Waals surface area (Å²) in [6.45, 7) is 4.05. The Hall–Kier alpha value is -1.88. The molecular weight excluding hydrogens is 238 g/mol. The Morgan fingerprint density at radius 3 is 2.53 bits per heavy atom. The molecule has 88 valence electrons. The first-order valence-electron chi connectivity index (χ1n) is 5.04. The van der Waals surface area contributed by atoms with Crippen molar-refractivity contribution in [2.75, 3.05) is 0 Å². The number of nitrogens with zero attached hydrogens (tertiary/aromatic N) is 1. The second-order valence-corrected chi connectivity index (χ2v) is 5.06. The van der Waals surface area contributed by atoms with Gasteiger partial charge in [0.05, 0.1) is 5.56 Å². The molecule has 0 fully saturated rings. The number of aryl methyl sites for hydroxylation is 2. The summed E-state index contributed by atoms with van der Waals surface area (Å²) < 4.78 is 0.641. The second kappa shape index (κ2) is 4.18. The Balaban J connectivity index is 2.47. The van der Waals surface area contributed by atoms with Crippen LogP contribution in [-0.4, -0.2) is 16.3 Å². The highest BCUT2D eigenvalue weighted by Crippen LogP contribution is 2.29. The second-order valence-electron chi connectivity index (χ2n) is 3.80. The maximum atomic E-state index is 10.7. The van der Waals surface area contributed by atoms with Crippen molar-refractivity contribution in [2.24, 2.45) is 0 Å². The lowest BCUT2D eigenvalue weighted by Gasteiger charge is -1.95. The molecule has 0 amide bonds. The van der Waals surface area contributed by atoms with E-state index in [4.69, 9.17) is 5.11 Å². The number of carbonyl (C=O) groups is 1. The molecule has 2 aromatic heterocycles. The largest absolute Gasteiger partial charge is 0.473 e. The lowest BCUT2D eigenvalue weighted by molar-refractivity contribution is -0.905. The monoisotopic (exact) mass is 250 g/mol. The molecule has 0 atom stereocenters. The molecule has 0 bridgehead atoms. The third-order valence-corrected chi connectivity index (χ3v) is 3.80. The Bertz CT molecular complexity index is 570. The number of rotatable bonds is 2. The van der Waals surface area contributed by atoms with Crippen molar-refractivity contribution in [1.82, 2.24) is 0 Å². The first-order valence-corrected chi connectivity index (χ1v) is 5.86. The minimum Gasteiger partial charge on any atom is -0.473 e. The summed E-state index contributed by atoms with van der Waals surface area (Å²) in [6.07, 6.45) is 1.41. The van der Waals surface area contributed by atoms with E-state index in [1.807, 2.05) is 19.9 Å². The fourth-order valence-electron chi connectivity index (χ4n) is 1.52. The van der Waals surface area contributed by atoms with E-state index in [1.165, 1.54) is 22.7 Å². The Morgan fingerprint density at radius 1 is 1.35 bits per heavy atom. The standard InChI is InChI=1S/C12H11NO3S/c1-7-5-11(17-8(7)2)9-3-4-10(12(14)15)13(16)6-9/h3-6H,1-2H3,(H-,14,15,16)/p+1. The predicted molar refractivity (Wildman–Crippen MR) is 63.6 cm³/mol. The molecule has 0 saturated heterocycles. The van der Waals surface area contributed by atoms with Crippen molar-refractivity contribution < 1.29 is 19.8 Å². The molecular formula is C12H12NO3S+. The normalized spacial score (nSPS) is 10.5. The van der Waals surface area contributed by atoms with E-state index in [2.05, 4.69) is 0 Å². The molecule has 2 rings (SSSR count). The van der Waals surface area contributed by atoms with Crippen LogP contribution >= 0.6 is 11.3 Å². The summed E-state index contributed by atoms with van der Waals surface area (Å²) in [6, 6.07) is 5.11. The zero-order chi connectivity index (χ0) is 12.6. The number of carboxylic acid groups (broad SMARTS) is 1. The number of aromatic nitrogens is 1. The van der Waals surface area contributed by atoms with Gasteiger partial charge in [-0.2, -0.15) is 0 Å². The summed E-state index contributed by atoms with van der Waals surface area (Å²) in [5.41, 5.74) is 1.84. The van der Waals surface area contributed by atoms with Crippen molar-refractivity contribution in [3.8, 4) is 10.4 Å². The maximum Gasteiger partial charge on any atom is 0.406 e. The van der Waals surface area contributed by atoms with E-state index >= 15 is 0 Å². The quantitative estimate of drug-likeness (QED) is 0.635. The maximum absolute atomic E-state index is 10.7. The fraction of sp³-hybridized carbons (Fsp3) is 0.167. The number of aromatic carboxylic acids is 1. The van der Waals surface area contributed by atoms with Gasteiger partial charge in [-0.1, -0.05) is 0 Å². The number of hydrogen-bond donors (Lipinski definition) is 2. The highest BCUT2D eigenvalue weighted by Gasteiger charge is 2.20. The molecule has 5 heteroatoms. The first kappa shape index (κ1) is 11.6. The minimum absolute atomic E-state index is 0.154. The van der Waals surface area contributed by atoms with Gasteiger partial charge >= 0.3 is 11.7 Å². The summed E-state index contributed by atoms with van der Waals surface area (Å²) in [5, 5.41) is 18.3. The third kappa shape index (κ3) is 2.14. The van der Waals surface area contributed by atoms with E-state index in [0.29, 0.717) is 4.73 Å². The molecule has 0 aromatic carbocycles. The lowest BCUT2D eigenvalue weighted by atomic mass is 10.2. The van der Waals surface area contributed by atoms with Crippen molar-refractivity contribution in [2.45, 2.75) is 13.8 Å². The highest BCUT2D eigenvalue weighted by atomic mass is 32.1. The summed E-state index contributed by atoms with van der Waals surface area (Å²) in [7, 11) is 0. The molecule has 0 aliphatic rings. The van der Waals surface area contributed by atoms with Crippen LogP contribution in [0, 0.1) is 13.8 Å². The van der Waals surface area contributed by atoms with Gasteiger partial charge in [-0.15, -0.1) is 11.3 Å². The lowest BCUT2D eigenvalue weighted by Crippen LogP contribution is -2.37. The molecule has 4 nitrogen and oxygen atoms in total. The molecule has 0 aliphatic carbocycles. The van der Waals surface area contributed by atoms with Gasteiger partial charge < -0.3 is 5.11 Å². The minimum atomic E-state index is -1.16. The van der Waals surface area contributed by atoms with E-state index < -0.39 is 5.97 Å². The van der Waals surface area contributed by atoms with Crippen LogP contribution in [0.25, 0.3) is 10.4 Å². The Morgan fingerprint density at radius 2 is 2.06 bits per heavy atom. The Labute approximate surface area is 102 Å². The molecule has 2 heterocycles. The first-order chi connectivity index (χ1) is 7.99. The van der Waals surface area contributed by atoms with Crippen molar-refractivity contribution in [3.05, 3.63) is 40.5 Å². The van der Waals surface area contributed by atoms with Gasteiger partial charge in [0.15, 0.2) is 0 Å². The van der Waals surface area contributed by atoms with Crippen LogP contribution in [0.4, 0.5) is 0 Å². The van der Waals surface area contributed by atoms with Crippen molar-refractivity contribution >= 4 is 17.3 Å². The van der Waals surface area contributed by atoms with Gasteiger partial charge in [0.2, 0.25) is 6.20 Å². The van der Waals surface area contributed by atoms with Crippen LogP contribution in [0.3, 0.4) is 0 Å². The molecule has 0 aliphatic heterocycles. The highest BCUT2D eigenvalue weighted by molar-refractivity contribution is 7.15. The number of hydrogen-bond acceptors (Lipinski definition) is 3. The summed E-state index contributed by atoms with van der Waals surface area (Å²) in [5.74, 6) is -1.16. The Kier molecular flexibility index (Phi) is 2.85. The average Bonchev–Trinajstić information content (AvgIpc) is 2.58. The molecule has 0 unspecified atom stereocenters. The van der Waals surface area contributed by atoms with E-state index in [9.17, 15) is 10.0 Å². The van der Waals surface area contributed by atoms with E-state index in [0.717, 1.165) is 10.4 Å². The zero-order valence-corrected chi connectivity index (χ0v) is 10.3. The summed E-state index contributed by atoms with van der Waals surface area (Å²) >= 11 is 1.62. The fourth-order valence-corrected chi connectivity index (χ4v) is 2.54. The molecule has 0 spiro atoms. The number of pyridine rings is 1. The smallest absolute Gasteiger partial charge is 0.406 e. The third-order valence-electron chi connectivity index (χ3n) is 2.60. The van der Waals surface area contributed by atoms with Crippen LogP contribution in [0.5, 0.6) is 0 Å². The van der Waals surface area contributed by atoms with Crippen LogP contribution < -0.4 is 4.73 Å². The van der Waals surface area contributed by atoms with Crippen LogP contribution in [-0.2, 0) is 0 Å². The van der Waals surface area contributed by atoms with Gasteiger partial charge in [0.25, 0.3) is 0 Å². The molecule has 17 heavy (non-hydrogen) atoms. The van der Waals surface area contributed by atoms with Gasteiger partial charge in [0.1, 0.15) is 0 Å². The van der Waals surface area contributed by atoms with Gasteiger partial charge in [-0.3, -0.25) is 5.21 Å². The number of carboxylic acids is 1. The van der Waals surface area contributed by atoms with Crippen LogP contribution in [0.2, 0.25) is 0 Å². The van der Waals surface area contributed by atoms with Crippen molar-refractivity contribution in [1.29, 1.82) is 0 Å². The topological polar surface area (TPSA) is 61.4 Å². The van der Waals surface area contributed by atoms with Crippen LogP contribution in [0.15, 0.2) is 24.4 Å². The van der Waals surface area contributed by atoms with E-state index in [1.54, 1.807) is 17.4 Å². The average molecular weight is 250 g/mol. The van der Waals surface area contributed by atoms with Crippen molar-refractivity contribution in [3.63, 3.8) is 0 Å². The van der Waals surface area contributed by atoms with E-state index in [-0.39, 0.29) is 5.69 Å². The van der Waals surface area contributed by atoms with Gasteiger partial charge in [0, 0.05) is 20.6 Å². The summed E-state index contributed by atoms with van der Waals surface area (Å²) in [4.78, 5) is 13.0. The zero-order valence-electron chi connectivity index (χ0n) is 9.47.